The number of nitriles is 1. The summed E-state index contributed by atoms with van der Waals surface area (Å²) >= 11 is 0. The molecule has 0 saturated heterocycles. The van der Waals surface area contributed by atoms with E-state index in [2.05, 4.69) is 15.3 Å². The van der Waals surface area contributed by atoms with Crippen LogP contribution in [0.15, 0.2) is 41.5 Å². The van der Waals surface area contributed by atoms with E-state index >= 15 is 0 Å². The highest BCUT2D eigenvalue weighted by Crippen LogP contribution is 2.57. The summed E-state index contributed by atoms with van der Waals surface area (Å²) in [6.07, 6.45) is 1.28. The molecule has 1 atom stereocenters. The second-order valence-corrected chi connectivity index (χ2v) is 11.0. The highest BCUT2D eigenvalue weighted by molar-refractivity contribution is 8.24. The molecule has 1 aromatic heterocycles. The van der Waals surface area contributed by atoms with Gasteiger partial charge in [0.15, 0.2) is 0 Å². The van der Waals surface area contributed by atoms with Crippen LogP contribution >= 0.6 is 10.8 Å². The molecule has 0 saturated carbocycles. The SMILES string of the molecule is CN1C[C@@](C)(c2cc(NC(=O)c3ccc(C#N)cn3)ccc2F)N=C(N)C(C)(C)S1(O)O. The minimum atomic E-state index is -3.33. The van der Waals surface area contributed by atoms with Crippen molar-refractivity contribution in [3.8, 4) is 6.07 Å². The van der Waals surface area contributed by atoms with E-state index in [0.29, 0.717) is 11.3 Å². The molecule has 0 radical (unpaired) electrons. The number of carbonyl (C=O) groups excluding carboxylic acids is 1. The van der Waals surface area contributed by atoms with Crippen LogP contribution in [0.3, 0.4) is 0 Å². The van der Waals surface area contributed by atoms with Crippen LogP contribution in [0.25, 0.3) is 0 Å². The van der Waals surface area contributed by atoms with Crippen LogP contribution in [-0.4, -0.2) is 48.5 Å². The number of rotatable bonds is 3. The Balaban J connectivity index is 1.98. The molecule has 1 amide bonds. The number of halogens is 1. The maximum Gasteiger partial charge on any atom is 0.274 e. The third-order valence-corrected chi connectivity index (χ3v) is 8.14. The molecule has 3 rings (SSSR count). The van der Waals surface area contributed by atoms with Gasteiger partial charge in [-0.05, 0) is 51.1 Å². The van der Waals surface area contributed by atoms with Gasteiger partial charge in [0.1, 0.15) is 33.7 Å². The molecule has 0 spiro atoms. The minimum absolute atomic E-state index is 0.0139. The zero-order chi connectivity index (χ0) is 23.9. The number of amides is 1. The summed E-state index contributed by atoms with van der Waals surface area (Å²) in [5, 5.41) is 11.5. The summed E-state index contributed by atoms with van der Waals surface area (Å²) in [4.78, 5) is 21.0. The van der Waals surface area contributed by atoms with Crippen LogP contribution in [0.4, 0.5) is 10.1 Å². The average Bonchev–Trinajstić information content (AvgIpc) is 2.78. The maximum absolute atomic E-state index is 14.9. The fourth-order valence-corrected chi connectivity index (χ4v) is 4.98. The third kappa shape index (κ3) is 4.05. The van der Waals surface area contributed by atoms with Crippen molar-refractivity contribution in [1.82, 2.24) is 9.29 Å². The Morgan fingerprint density at radius 3 is 2.59 bits per heavy atom. The van der Waals surface area contributed by atoms with Crippen LogP contribution in [0.2, 0.25) is 0 Å². The molecule has 1 aliphatic rings. The summed E-state index contributed by atoms with van der Waals surface area (Å²) in [6.45, 7) is 4.76. The topological polar surface area (TPSA) is 148 Å². The number of carbonyl (C=O) groups is 1. The highest BCUT2D eigenvalue weighted by Gasteiger charge is 2.48. The number of aliphatic imine (C=N–C) groups is 1. The van der Waals surface area contributed by atoms with Gasteiger partial charge in [-0.1, -0.05) is 0 Å². The van der Waals surface area contributed by atoms with Gasteiger partial charge in [0.25, 0.3) is 5.91 Å². The van der Waals surface area contributed by atoms with Crippen molar-refractivity contribution in [2.75, 3.05) is 18.9 Å². The fourth-order valence-electron chi connectivity index (χ4n) is 3.44. The van der Waals surface area contributed by atoms with Crippen LogP contribution < -0.4 is 11.1 Å². The van der Waals surface area contributed by atoms with Crippen molar-refractivity contribution < 1.29 is 18.3 Å². The van der Waals surface area contributed by atoms with Gasteiger partial charge in [-0.15, -0.1) is 10.8 Å². The lowest BCUT2D eigenvalue weighted by Crippen LogP contribution is -2.46. The van der Waals surface area contributed by atoms with Crippen LogP contribution in [0.1, 0.15) is 42.4 Å². The monoisotopic (exact) mass is 460 g/mol. The Kier molecular flexibility index (Phi) is 6.01. The van der Waals surface area contributed by atoms with Crippen molar-refractivity contribution in [2.45, 2.75) is 31.1 Å². The molecule has 0 unspecified atom stereocenters. The predicted molar refractivity (Wildman–Crippen MR) is 122 cm³/mol. The molecule has 32 heavy (non-hydrogen) atoms. The van der Waals surface area contributed by atoms with Gasteiger partial charge in [0.2, 0.25) is 0 Å². The zero-order valence-electron chi connectivity index (χ0n) is 18.1. The van der Waals surface area contributed by atoms with Gasteiger partial charge < -0.3 is 11.1 Å². The number of aromatic nitrogens is 1. The standard InChI is InChI=1S/C21H25FN6O3S/c1-20(2)19(24)27-21(3,12-28(4)32(20,30)31)15-9-14(6-7-16(15)22)26-18(29)17-8-5-13(10-23)11-25-17/h5-9,11,30-31H,12H2,1-4H3,(H2,24,27)(H,26,29)/t21-/m0/s1. The van der Waals surface area contributed by atoms with Crippen LogP contribution in [0, 0.1) is 17.1 Å². The number of nitrogens with one attached hydrogen (secondary N) is 1. The van der Waals surface area contributed by atoms with Crippen molar-refractivity contribution in [2.24, 2.45) is 10.7 Å². The Morgan fingerprint density at radius 1 is 1.31 bits per heavy atom. The van der Waals surface area contributed by atoms with Gasteiger partial charge in [0, 0.05) is 31.0 Å². The fraction of sp³-hybridized carbons (Fsp3) is 0.333. The van der Waals surface area contributed by atoms with E-state index in [9.17, 15) is 18.3 Å². The third-order valence-electron chi connectivity index (χ3n) is 5.56. The van der Waals surface area contributed by atoms with E-state index in [0.717, 1.165) is 0 Å². The number of anilines is 1. The quantitative estimate of drug-likeness (QED) is 0.549. The first-order valence-corrected chi connectivity index (χ1v) is 11.1. The van der Waals surface area contributed by atoms with E-state index < -0.39 is 32.8 Å². The Hall–Kier alpha value is -3.04. The first-order valence-electron chi connectivity index (χ1n) is 9.64. The van der Waals surface area contributed by atoms with Gasteiger partial charge in [-0.3, -0.25) is 18.9 Å². The summed E-state index contributed by atoms with van der Waals surface area (Å²) in [5.74, 6) is -1.13. The van der Waals surface area contributed by atoms with Crippen molar-refractivity contribution >= 4 is 28.2 Å². The summed E-state index contributed by atoms with van der Waals surface area (Å²) in [5.41, 5.74) is 5.71. The highest BCUT2D eigenvalue weighted by atomic mass is 32.3. The number of amidine groups is 1. The number of benzene rings is 1. The van der Waals surface area contributed by atoms with Crippen molar-refractivity contribution in [1.29, 1.82) is 5.26 Å². The van der Waals surface area contributed by atoms with Gasteiger partial charge in [-0.2, -0.15) is 5.26 Å². The van der Waals surface area contributed by atoms with E-state index in [4.69, 9.17) is 11.0 Å². The number of hydrogen-bond acceptors (Lipinski definition) is 8. The average molecular weight is 461 g/mol. The predicted octanol–water partition coefficient (Wildman–Crippen LogP) is 3.31. The number of nitrogens with zero attached hydrogens (tertiary/aromatic N) is 4. The van der Waals surface area contributed by atoms with Gasteiger partial charge in [-0.25, -0.2) is 13.7 Å². The zero-order valence-corrected chi connectivity index (χ0v) is 18.9. The molecule has 1 aliphatic heterocycles. The largest absolute Gasteiger partial charge is 0.386 e. The lowest BCUT2D eigenvalue weighted by molar-refractivity contribution is 0.102. The first kappa shape index (κ1) is 23.6. The maximum atomic E-state index is 14.9. The molecule has 1 aromatic carbocycles. The van der Waals surface area contributed by atoms with Crippen LogP contribution in [-0.2, 0) is 5.54 Å². The Morgan fingerprint density at radius 2 is 2.00 bits per heavy atom. The van der Waals surface area contributed by atoms with Crippen LogP contribution in [0.5, 0.6) is 0 Å². The second-order valence-electron chi connectivity index (χ2n) is 8.28. The van der Waals surface area contributed by atoms with Gasteiger partial charge >= 0.3 is 0 Å². The normalized spacial score (nSPS) is 23.4. The van der Waals surface area contributed by atoms with Crippen molar-refractivity contribution in [3.63, 3.8) is 0 Å². The minimum Gasteiger partial charge on any atom is -0.386 e. The Bertz CT molecular complexity index is 1130. The van der Waals surface area contributed by atoms with E-state index in [1.807, 2.05) is 6.07 Å². The molecule has 2 aromatic rings. The lowest BCUT2D eigenvalue weighted by Gasteiger charge is -2.50. The summed E-state index contributed by atoms with van der Waals surface area (Å²) in [6, 6.07) is 8.84. The second kappa shape index (κ2) is 8.14. The number of nitrogens with two attached hydrogens (primary N) is 1. The van der Waals surface area contributed by atoms with Gasteiger partial charge in [0.05, 0.1) is 5.56 Å². The van der Waals surface area contributed by atoms with E-state index in [-0.39, 0.29) is 23.6 Å². The molecule has 2 heterocycles. The number of pyridine rings is 1. The molecule has 0 aliphatic carbocycles. The molecular weight excluding hydrogens is 435 g/mol. The molecule has 170 valence electrons. The molecule has 11 heteroatoms. The number of hydrogen-bond donors (Lipinski definition) is 4. The van der Waals surface area contributed by atoms with E-state index in [1.54, 1.807) is 20.8 Å². The summed E-state index contributed by atoms with van der Waals surface area (Å²) in [7, 11) is -1.82. The molecular formula is C21H25FN6O3S. The molecule has 0 fully saturated rings. The number of likely N-dealkylation sites (N-methyl/N-ethyl adjacent to an activating group) is 1. The smallest absolute Gasteiger partial charge is 0.274 e. The van der Waals surface area contributed by atoms with E-state index in [1.165, 1.54) is 47.9 Å². The first-order chi connectivity index (χ1) is 14.8. The molecule has 0 bridgehead atoms. The lowest BCUT2D eigenvalue weighted by atomic mass is 9.91. The molecule has 5 N–H and O–H groups in total. The summed E-state index contributed by atoms with van der Waals surface area (Å²) < 4.78 is 36.5. The van der Waals surface area contributed by atoms with Crippen molar-refractivity contribution in [3.05, 3.63) is 59.2 Å². The Labute approximate surface area is 187 Å². The molecule has 9 nitrogen and oxygen atoms in total.